The summed E-state index contributed by atoms with van der Waals surface area (Å²) in [6, 6.07) is 6.29. The molecule has 0 saturated heterocycles. The first-order chi connectivity index (χ1) is 20.0. The van der Waals surface area contributed by atoms with Gasteiger partial charge in [0, 0.05) is 23.6 Å². The molecule has 0 aromatic heterocycles. The minimum Gasteiger partial charge on any atom is -0.370 e. The Morgan fingerprint density at radius 2 is 1.09 bits per heavy atom. The van der Waals surface area contributed by atoms with Crippen LogP contribution < -0.4 is 11.5 Å². The lowest BCUT2D eigenvalue weighted by atomic mass is 9.99. The van der Waals surface area contributed by atoms with Crippen molar-refractivity contribution in [1.82, 2.24) is 0 Å². The minimum absolute atomic E-state index is 0.129. The van der Waals surface area contributed by atoms with Crippen molar-refractivity contribution in [2.45, 2.75) is 76.0 Å². The summed E-state index contributed by atoms with van der Waals surface area (Å²) in [6.07, 6.45) is 14.0. The molecule has 236 valence electrons. The number of amides is 1. The number of nitrogens with two attached hydrogens (primary N) is 2. The zero-order valence-corrected chi connectivity index (χ0v) is 28.0. The fraction of sp³-hybridized carbons (Fsp3) is 0.387. The maximum Gasteiger partial charge on any atom is 0.280 e. The van der Waals surface area contributed by atoms with Gasteiger partial charge in [-0.15, -0.1) is 0 Å². The number of allylic oxidation sites excluding steroid dienone is 4. The first-order valence-corrected chi connectivity index (χ1v) is 18.0. The molecule has 4 N–H and O–H groups in total. The van der Waals surface area contributed by atoms with E-state index >= 15 is 0 Å². The third-order valence-electron chi connectivity index (χ3n) is 6.29. The van der Waals surface area contributed by atoms with E-state index in [1.165, 1.54) is 12.1 Å². The number of benzene rings is 2. The molecule has 0 bridgehead atoms. The summed E-state index contributed by atoms with van der Waals surface area (Å²) in [5.41, 5.74) is 13.8. The third-order valence-corrected chi connectivity index (χ3v) is 8.85. The van der Waals surface area contributed by atoms with Gasteiger partial charge in [-0.25, -0.2) is 16.8 Å². The smallest absolute Gasteiger partial charge is 0.280 e. The molecule has 0 fully saturated rings. The summed E-state index contributed by atoms with van der Waals surface area (Å²) >= 11 is 5.54. The molecule has 0 aliphatic carbocycles. The fourth-order valence-electron chi connectivity index (χ4n) is 4.26. The molecule has 0 saturated carbocycles. The van der Waals surface area contributed by atoms with Crippen LogP contribution >= 0.6 is 11.6 Å². The van der Waals surface area contributed by atoms with Gasteiger partial charge in [0.05, 0.1) is 9.79 Å². The zero-order chi connectivity index (χ0) is 33.0. The highest BCUT2D eigenvalue weighted by Gasteiger charge is 2.20. The number of rotatable bonds is 12. The summed E-state index contributed by atoms with van der Waals surface area (Å²) in [4.78, 5) is 27.4. The van der Waals surface area contributed by atoms with Gasteiger partial charge in [0.15, 0.2) is 25.6 Å². The topological polar surface area (TPSA) is 167 Å². The van der Waals surface area contributed by atoms with E-state index in [0.717, 1.165) is 30.9 Å². The molecule has 9 nitrogen and oxygen atoms in total. The molecular formula is C31H42ClN3O6S2. The molecule has 0 radical (unpaired) electrons. The molecule has 2 aromatic rings. The number of carbonyl (C=O) groups is 2. The highest BCUT2D eigenvalue weighted by Crippen LogP contribution is 2.25. The van der Waals surface area contributed by atoms with Gasteiger partial charge >= 0.3 is 0 Å². The van der Waals surface area contributed by atoms with E-state index in [0.29, 0.717) is 42.4 Å². The van der Waals surface area contributed by atoms with E-state index in [9.17, 15) is 26.4 Å². The fourth-order valence-corrected chi connectivity index (χ4v) is 6.34. The minimum atomic E-state index is -3.48. The Hall–Kier alpha value is -3.28. The van der Waals surface area contributed by atoms with Gasteiger partial charge in [-0.05, 0) is 84.5 Å². The van der Waals surface area contributed by atoms with Crippen molar-refractivity contribution in [2.75, 3.05) is 12.5 Å². The van der Waals surface area contributed by atoms with Crippen LogP contribution in [-0.2, 0) is 45.4 Å². The predicted octanol–water partition coefficient (Wildman–Crippen LogP) is 5.12. The SMILES string of the molecule is CCC=CCc1cc(CC)c(C(=O)Cl)cc1S(C)(=O)=O.CCC=CCc1cc(CC)c(C(=O)N=C(N)N)cc1S(C)(=O)=O. The highest BCUT2D eigenvalue weighted by molar-refractivity contribution is 7.91. The Labute approximate surface area is 261 Å². The van der Waals surface area contributed by atoms with E-state index in [2.05, 4.69) is 4.99 Å². The number of nitrogens with zero attached hydrogens (tertiary/aromatic N) is 1. The molecule has 0 atom stereocenters. The Balaban J connectivity index is 0.000000434. The Morgan fingerprint density at radius 3 is 1.42 bits per heavy atom. The first-order valence-electron chi connectivity index (χ1n) is 13.9. The Bertz CT molecular complexity index is 1620. The highest BCUT2D eigenvalue weighted by atomic mass is 35.5. The Morgan fingerprint density at radius 1 is 0.698 bits per heavy atom. The lowest BCUT2D eigenvalue weighted by Gasteiger charge is -2.12. The first kappa shape index (κ1) is 37.7. The van der Waals surface area contributed by atoms with Gasteiger partial charge in [-0.2, -0.15) is 4.99 Å². The van der Waals surface area contributed by atoms with Crippen LogP contribution in [0, 0.1) is 0 Å². The zero-order valence-electron chi connectivity index (χ0n) is 25.6. The second kappa shape index (κ2) is 17.1. The molecule has 1 amide bonds. The van der Waals surface area contributed by atoms with Crippen LogP contribution in [0.1, 0.15) is 83.5 Å². The quantitative estimate of drug-likeness (QED) is 0.138. The monoisotopic (exact) mass is 651 g/mol. The number of aryl methyl sites for hydroxylation is 2. The van der Waals surface area contributed by atoms with Crippen molar-refractivity contribution in [3.63, 3.8) is 0 Å². The molecule has 2 aromatic carbocycles. The van der Waals surface area contributed by atoms with Gasteiger partial charge in [0.25, 0.3) is 11.1 Å². The van der Waals surface area contributed by atoms with Crippen LogP contribution in [0.15, 0.2) is 63.4 Å². The van der Waals surface area contributed by atoms with Crippen LogP contribution in [-0.4, -0.2) is 46.5 Å². The van der Waals surface area contributed by atoms with Gasteiger partial charge < -0.3 is 11.5 Å². The van der Waals surface area contributed by atoms with Gasteiger partial charge in [0.1, 0.15) is 0 Å². The van der Waals surface area contributed by atoms with Crippen LogP contribution in [0.3, 0.4) is 0 Å². The van der Waals surface area contributed by atoms with Crippen molar-refractivity contribution in [3.05, 3.63) is 82.0 Å². The number of aliphatic imine (C=N–C) groups is 1. The number of hydrogen-bond acceptors (Lipinski definition) is 6. The van der Waals surface area contributed by atoms with Crippen molar-refractivity contribution in [1.29, 1.82) is 0 Å². The predicted molar refractivity (Wildman–Crippen MR) is 174 cm³/mol. The van der Waals surface area contributed by atoms with Crippen molar-refractivity contribution in [3.8, 4) is 0 Å². The van der Waals surface area contributed by atoms with Crippen LogP contribution in [0.25, 0.3) is 0 Å². The summed E-state index contributed by atoms with van der Waals surface area (Å²) in [7, 11) is -6.87. The molecule has 0 heterocycles. The van der Waals surface area contributed by atoms with Gasteiger partial charge in [0.2, 0.25) is 0 Å². The van der Waals surface area contributed by atoms with Gasteiger partial charge in [-0.3, -0.25) is 9.59 Å². The van der Waals surface area contributed by atoms with E-state index in [4.69, 9.17) is 23.1 Å². The molecule has 0 aliphatic rings. The number of halogens is 1. The average Bonchev–Trinajstić information content (AvgIpc) is 2.91. The van der Waals surface area contributed by atoms with Crippen LogP contribution in [0.4, 0.5) is 0 Å². The molecule has 2 rings (SSSR count). The maximum atomic E-state index is 12.1. The van der Waals surface area contributed by atoms with E-state index in [-0.39, 0.29) is 26.9 Å². The number of guanidine groups is 1. The largest absolute Gasteiger partial charge is 0.370 e. The molecule has 0 spiro atoms. The van der Waals surface area contributed by atoms with E-state index < -0.39 is 30.8 Å². The molecule has 12 heteroatoms. The van der Waals surface area contributed by atoms with E-state index in [1.54, 1.807) is 12.1 Å². The standard InChI is InChI=1S/C16H23N3O3S.C15H19ClO3S/c1-4-6-7-8-12-9-11(5-2)13(15(20)19-16(17)18)10-14(12)23(3,21)22;1-4-6-7-8-12-9-11(5-2)13(15(16)17)10-14(12)20(3,18)19/h6-7,9-10H,4-5,8H2,1-3H3,(H4,17,18,19,20);6-7,9-10H,4-5,8H2,1-3H3. The average molecular weight is 652 g/mol. The summed E-state index contributed by atoms with van der Waals surface area (Å²) in [5, 5.41) is -0.623. The van der Waals surface area contributed by atoms with Crippen LogP contribution in [0.2, 0.25) is 0 Å². The molecular weight excluding hydrogens is 610 g/mol. The Kier molecular flexibility index (Phi) is 15.0. The summed E-state index contributed by atoms with van der Waals surface area (Å²) < 4.78 is 47.9. The maximum absolute atomic E-state index is 12.1. The molecule has 0 aliphatic heterocycles. The lowest BCUT2D eigenvalue weighted by molar-refractivity contribution is 0.100. The van der Waals surface area contributed by atoms with Crippen molar-refractivity contribution < 1.29 is 26.4 Å². The second-order valence-corrected chi connectivity index (χ2v) is 14.1. The van der Waals surface area contributed by atoms with Crippen molar-refractivity contribution in [2.24, 2.45) is 16.5 Å². The second-order valence-electron chi connectivity index (χ2n) is 9.77. The summed E-state index contributed by atoms with van der Waals surface area (Å²) in [6.45, 7) is 7.81. The van der Waals surface area contributed by atoms with Gasteiger partial charge in [-0.1, -0.05) is 64.1 Å². The number of hydrogen-bond donors (Lipinski definition) is 2. The molecule has 43 heavy (non-hydrogen) atoms. The summed E-state index contributed by atoms with van der Waals surface area (Å²) in [5.74, 6) is -0.990. The van der Waals surface area contributed by atoms with E-state index in [1.807, 2.05) is 52.0 Å². The van der Waals surface area contributed by atoms with Crippen LogP contribution in [0.5, 0.6) is 0 Å². The number of sulfone groups is 2. The number of carbonyl (C=O) groups excluding carboxylic acids is 2. The third kappa shape index (κ3) is 11.7. The molecule has 0 unspecified atom stereocenters. The lowest BCUT2D eigenvalue weighted by Crippen LogP contribution is -2.24. The normalized spacial score (nSPS) is 11.8. The van der Waals surface area contributed by atoms with Crippen molar-refractivity contribution >= 4 is 48.4 Å².